The van der Waals surface area contributed by atoms with E-state index in [0.29, 0.717) is 0 Å². The van der Waals surface area contributed by atoms with Crippen LogP contribution in [0.3, 0.4) is 0 Å². The van der Waals surface area contributed by atoms with Crippen molar-refractivity contribution in [2.75, 3.05) is 0 Å². The third-order valence-electron chi connectivity index (χ3n) is 6.56. The molecule has 0 spiro atoms. The van der Waals surface area contributed by atoms with E-state index in [0.717, 1.165) is 0 Å². The fourth-order valence-electron chi connectivity index (χ4n) is 5.09. The fourth-order valence-corrected chi connectivity index (χ4v) is 5.09. The Morgan fingerprint density at radius 2 is 0.487 bits per heavy atom. The van der Waals surface area contributed by atoms with E-state index in [9.17, 15) is 0 Å². The van der Waals surface area contributed by atoms with E-state index in [1.807, 2.05) is 0 Å². The molecule has 201 valence electrons. The van der Waals surface area contributed by atoms with Gasteiger partial charge in [0.15, 0.2) is 0 Å². The molecule has 0 fully saturated rings. The SMILES string of the molecule is [Cl][Lu]([Cl])[Cl].c1ccc([C]2C(c3ccccc3)=C(c3ccccc3)C(c3ccccc3)=C2c2ccccc2)cc1. The molecule has 0 aromatic heterocycles. The Kier molecular flexibility index (Phi) is 10.0. The smallest absolute Gasteiger partial charge is 0.0622 e. The predicted octanol–water partition coefficient (Wildman–Crippen LogP) is 10.9. The van der Waals surface area contributed by atoms with Crippen molar-refractivity contribution in [3.05, 3.63) is 185 Å². The molecule has 5 aromatic rings. The summed E-state index contributed by atoms with van der Waals surface area (Å²) in [7, 11) is 0. The van der Waals surface area contributed by atoms with Gasteiger partial charge in [0, 0.05) is 0 Å². The summed E-state index contributed by atoms with van der Waals surface area (Å²) in [5, 5.41) is 0. The van der Waals surface area contributed by atoms with Gasteiger partial charge in [-0.25, -0.2) is 0 Å². The number of allylic oxidation sites excluding steroid dienone is 4. The third kappa shape index (κ3) is 6.71. The molecule has 1 radical (unpaired) electrons. The number of hydrogen-bond donors (Lipinski definition) is 0. The molecule has 6 rings (SSSR count). The molecule has 1 aliphatic rings. The Hall–Kier alpha value is -2.32. The molecule has 0 heterocycles. The van der Waals surface area contributed by atoms with Crippen molar-refractivity contribution < 1.29 is 26.7 Å². The van der Waals surface area contributed by atoms with Crippen LogP contribution in [0.1, 0.15) is 27.8 Å². The minimum absolute atomic E-state index is 1.23. The van der Waals surface area contributed by atoms with Gasteiger partial charge in [0.1, 0.15) is 0 Å². The van der Waals surface area contributed by atoms with Gasteiger partial charge in [0.25, 0.3) is 0 Å². The molecule has 0 aliphatic heterocycles. The van der Waals surface area contributed by atoms with Crippen LogP contribution >= 0.6 is 19.7 Å². The summed E-state index contributed by atoms with van der Waals surface area (Å²) >= 11 is -1.53. The summed E-state index contributed by atoms with van der Waals surface area (Å²) in [6, 6.07) is 54.1. The van der Waals surface area contributed by atoms with Crippen molar-refractivity contribution >= 4 is 41.9 Å². The molecule has 0 N–H and O–H groups in total. The minimum Gasteiger partial charge on any atom is -0.0622 e. The summed E-state index contributed by atoms with van der Waals surface area (Å²) < 4.78 is 0. The van der Waals surface area contributed by atoms with Gasteiger partial charge in [-0.15, -0.1) is 0 Å². The minimum atomic E-state index is -1.53. The first-order valence-electron chi connectivity index (χ1n) is 12.3. The monoisotopic (exact) mass is 725 g/mol. The van der Waals surface area contributed by atoms with E-state index in [4.69, 9.17) is 19.7 Å². The fraction of sp³-hybridized carbons (Fsp3) is 0. The van der Waals surface area contributed by atoms with Gasteiger partial charge >= 0.3 is 46.3 Å². The molecule has 1 aliphatic carbocycles. The van der Waals surface area contributed by atoms with Gasteiger partial charge in [0.2, 0.25) is 0 Å². The maximum absolute atomic E-state index is 4.92. The molecule has 0 nitrogen and oxygen atoms in total. The standard InChI is InChI=1S/C35H25.3ClH.Lu/c1-6-16-26(17-7-1)31-32(27-18-8-2-9-19-27)34(29-22-12-4-13-23-29)35(30-24-14-5-15-25-30)33(31)28-20-10-3-11-21-28;;;;/h1-25H;3*1H;/q;;;;+3/p-3. The summed E-state index contributed by atoms with van der Waals surface area (Å²) in [5.74, 6) is 1.28. The van der Waals surface area contributed by atoms with Gasteiger partial charge < -0.3 is 0 Å². The van der Waals surface area contributed by atoms with Crippen LogP contribution in [0.25, 0.3) is 22.3 Å². The molecule has 5 aromatic carbocycles. The van der Waals surface area contributed by atoms with Gasteiger partial charge in [-0.2, -0.15) is 0 Å². The first-order valence-corrected chi connectivity index (χ1v) is 18.6. The first kappa shape index (κ1) is 28.2. The predicted molar refractivity (Wildman–Crippen MR) is 166 cm³/mol. The van der Waals surface area contributed by atoms with Crippen LogP contribution in [-0.4, -0.2) is 0 Å². The van der Waals surface area contributed by atoms with Crippen LogP contribution in [0.5, 0.6) is 0 Å². The average molecular weight is 727 g/mol. The maximum atomic E-state index is 4.92. The zero-order valence-electron chi connectivity index (χ0n) is 20.8. The van der Waals surface area contributed by atoms with Crippen LogP contribution in [0.4, 0.5) is 0 Å². The number of benzene rings is 5. The zero-order valence-corrected chi connectivity index (χ0v) is 24.8. The van der Waals surface area contributed by atoms with Crippen molar-refractivity contribution in [1.29, 1.82) is 0 Å². The van der Waals surface area contributed by atoms with E-state index in [2.05, 4.69) is 152 Å². The molecule has 0 unspecified atom stereocenters. The summed E-state index contributed by atoms with van der Waals surface area (Å²) in [6.07, 6.45) is 0. The van der Waals surface area contributed by atoms with Crippen LogP contribution in [0, 0.1) is 32.6 Å². The molecular weight excluding hydrogens is 702 g/mol. The van der Waals surface area contributed by atoms with E-state index in [-0.39, 0.29) is 0 Å². The zero-order chi connectivity index (χ0) is 27.0. The normalized spacial score (nSPS) is 13.7. The molecule has 0 bridgehead atoms. The van der Waals surface area contributed by atoms with Crippen LogP contribution in [0.15, 0.2) is 152 Å². The Morgan fingerprint density at radius 1 is 0.282 bits per heavy atom. The van der Waals surface area contributed by atoms with Gasteiger partial charge in [-0.3, -0.25) is 0 Å². The van der Waals surface area contributed by atoms with E-state index in [1.165, 1.54) is 56.0 Å². The molecule has 0 amide bonds. The van der Waals surface area contributed by atoms with Crippen LogP contribution < -0.4 is 0 Å². The third-order valence-corrected chi connectivity index (χ3v) is 6.56. The average Bonchev–Trinajstić information content (AvgIpc) is 3.35. The van der Waals surface area contributed by atoms with E-state index < -0.39 is 26.7 Å². The second kappa shape index (κ2) is 13.8. The quantitative estimate of drug-likeness (QED) is 0.169. The summed E-state index contributed by atoms with van der Waals surface area (Å²) in [6.45, 7) is 14.7. The largest absolute Gasteiger partial charge is 0.0654 e. The van der Waals surface area contributed by atoms with Crippen LogP contribution in [-0.2, 0) is 0 Å². The maximum Gasteiger partial charge on any atom is 0.0654 e. The van der Waals surface area contributed by atoms with Crippen LogP contribution in [0.2, 0.25) is 0 Å². The Morgan fingerprint density at radius 3 is 0.744 bits per heavy atom. The van der Waals surface area contributed by atoms with Gasteiger partial charge in [-0.05, 0) is 50.1 Å². The Bertz CT molecular complexity index is 1450. The molecular formula is C35H25Cl3Lu. The van der Waals surface area contributed by atoms with Crippen molar-refractivity contribution in [2.45, 2.75) is 0 Å². The first-order chi connectivity index (χ1) is 19.1. The van der Waals surface area contributed by atoms with E-state index >= 15 is 0 Å². The van der Waals surface area contributed by atoms with Crippen molar-refractivity contribution in [3.8, 4) is 0 Å². The molecule has 0 saturated carbocycles. The molecule has 4 heteroatoms. The van der Waals surface area contributed by atoms with Gasteiger partial charge in [-0.1, -0.05) is 152 Å². The van der Waals surface area contributed by atoms with Gasteiger partial charge in [0.05, 0.1) is 5.92 Å². The summed E-state index contributed by atoms with van der Waals surface area (Å²) in [4.78, 5) is 0. The second-order valence-corrected chi connectivity index (χ2v) is 16.1. The van der Waals surface area contributed by atoms with Crippen molar-refractivity contribution in [2.24, 2.45) is 0 Å². The molecule has 0 saturated heterocycles. The number of hydrogen-bond acceptors (Lipinski definition) is 0. The number of halogens is 3. The van der Waals surface area contributed by atoms with E-state index in [1.54, 1.807) is 0 Å². The number of rotatable bonds is 5. The van der Waals surface area contributed by atoms with Crippen molar-refractivity contribution in [1.82, 2.24) is 0 Å². The topological polar surface area (TPSA) is 0 Å². The molecule has 39 heavy (non-hydrogen) atoms. The Labute approximate surface area is 251 Å². The molecule has 0 atom stereocenters. The summed E-state index contributed by atoms with van der Waals surface area (Å²) in [5.41, 5.74) is 11.2. The second-order valence-electron chi connectivity index (χ2n) is 8.82. The Balaban J connectivity index is 0.000000723. The van der Waals surface area contributed by atoms with Crippen molar-refractivity contribution in [3.63, 3.8) is 0 Å².